The van der Waals surface area contributed by atoms with Crippen molar-refractivity contribution in [3.63, 3.8) is 0 Å². The van der Waals surface area contributed by atoms with Crippen LogP contribution in [0, 0.1) is 6.92 Å². The molecular weight excluding hydrogens is 216 g/mol. The third kappa shape index (κ3) is 1.10. The number of nitrogens with zero attached hydrogens (tertiary/aromatic N) is 2. The molecule has 0 aliphatic carbocycles. The van der Waals surface area contributed by atoms with Crippen molar-refractivity contribution < 1.29 is 0 Å². The molecule has 2 nitrogen and oxygen atoms in total. The van der Waals surface area contributed by atoms with Crippen LogP contribution in [-0.2, 0) is 0 Å². The van der Waals surface area contributed by atoms with Gasteiger partial charge >= 0.3 is 0 Å². The summed E-state index contributed by atoms with van der Waals surface area (Å²) in [5, 5.41) is 9.05. The molecule has 0 fully saturated rings. The van der Waals surface area contributed by atoms with E-state index < -0.39 is 0 Å². The van der Waals surface area contributed by atoms with E-state index in [1.807, 2.05) is 25.1 Å². The number of hydrogen-bond acceptors (Lipinski definition) is 2. The Kier molecular flexibility index (Phi) is 1.81. The largest absolute Gasteiger partial charge is 0.157 e. The van der Waals surface area contributed by atoms with Crippen molar-refractivity contribution in [1.29, 1.82) is 0 Å². The molecule has 0 aliphatic rings. The van der Waals surface area contributed by atoms with E-state index in [0.717, 1.165) is 20.9 Å². The lowest BCUT2D eigenvalue weighted by Gasteiger charge is -2.00. The molecule has 1 aromatic heterocycles. The maximum Gasteiger partial charge on any atom is 0.0970 e. The molecule has 0 bridgehead atoms. The predicted molar refractivity (Wildman–Crippen MR) is 52.0 cm³/mol. The molecule has 1 aromatic carbocycles. The van der Waals surface area contributed by atoms with Gasteiger partial charge in [-0.2, -0.15) is 10.2 Å². The summed E-state index contributed by atoms with van der Waals surface area (Å²) in [5.41, 5.74) is 2.12. The molecule has 2 rings (SSSR count). The van der Waals surface area contributed by atoms with Crippen molar-refractivity contribution in [1.82, 2.24) is 10.2 Å². The van der Waals surface area contributed by atoms with E-state index >= 15 is 0 Å². The maximum absolute atomic E-state index is 4.06. The van der Waals surface area contributed by atoms with Crippen LogP contribution in [0.1, 0.15) is 5.56 Å². The Balaban J connectivity index is 2.94. The van der Waals surface area contributed by atoms with Crippen LogP contribution in [0.25, 0.3) is 10.9 Å². The first kappa shape index (κ1) is 7.68. The second kappa shape index (κ2) is 2.83. The highest BCUT2D eigenvalue weighted by Crippen LogP contribution is 2.22. The van der Waals surface area contributed by atoms with E-state index in [4.69, 9.17) is 0 Å². The molecule has 0 saturated carbocycles. The summed E-state index contributed by atoms with van der Waals surface area (Å²) in [5.74, 6) is 0. The van der Waals surface area contributed by atoms with Gasteiger partial charge in [0.1, 0.15) is 0 Å². The zero-order valence-corrected chi connectivity index (χ0v) is 8.17. The number of rotatable bonds is 0. The van der Waals surface area contributed by atoms with E-state index in [9.17, 15) is 0 Å². The Morgan fingerprint density at radius 3 is 2.92 bits per heavy atom. The second-order valence-corrected chi connectivity index (χ2v) is 3.52. The molecule has 0 saturated heterocycles. The SMILES string of the molecule is Cc1cccc2c(Br)cnnc12. The van der Waals surface area contributed by atoms with Crippen LogP contribution in [0.4, 0.5) is 0 Å². The van der Waals surface area contributed by atoms with Crippen LogP contribution in [0.2, 0.25) is 0 Å². The molecule has 3 heteroatoms. The number of fused-ring (bicyclic) bond motifs is 1. The first-order valence-corrected chi connectivity index (χ1v) is 4.45. The van der Waals surface area contributed by atoms with Crippen LogP contribution < -0.4 is 0 Å². The number of halogens is 1. The Morgan fingerprint density at radius 1 is 1.33 bits per heavy atom. The standard InChI is InChI=1S/C9H7BrN2/c1-6-3-2-4-7-8(10)5-11-12-9(6)7/h2-5H,1H3. The minimum absolute atomic E-state index is 0.965. The fourth-order valence-corrected chi connectivity index (χ4v) is 1.60. The summed E-state index contributed by atoms with van der Waals surface area (Å²) < 4.78 is 0.996. The van der Waals surface area contributed by atoms with E-state index in [1.165, 1.54) is 0 Å². The first-order valence-electron chi connectivity index (χ1n) is 3.65. The maximum atomic E-state index is 4.06. The van der Waals surface area contributed by atoms with Gasteiger partial charge in [-0.3, -0.25) is 0 Å². The molecule has 0 N–H and O–H groups in total. The fraction of sp³-hybridized carbons (Fsp3) is 0.111. The predicted octanol–water partition coefficient (Wildman–Crippen LogP) is 2.70. The van der Waals surface area contributed by atoms with E-state index in [-0.39, 0.29) is 0 Å². The van der Waals surface area contributed by atoms with Crippen molar-refractivity contribution >= 4 is 26.8 Å². The molecule has 0 atom stereocenters. The van der Waals surface area contributed by atoms with Crippen molar-refractivity contribution in [3.8, 4) is 0 Å². The van der Waals surface area contributed by atoms with Gasteiger partial charge in [0.2, 0.25) is 0 Å². The van der Waals surface area contributed by atoms with Crippen molar-refractivity contribution in [2.24, 2.45) is 0 Å². The van der Waals surface area contributed by atoms with E-state index in [2.05, 4.69) is 26.1 Å². The van der Waals surface area contributed by atoms with Crippen molar-refractivity contribution in [2.45, 2.75) is 6.92 Å². The van der Waals surface area contributed by atoms with Gasteiger partial charge in [0.05, 0.1) is 11.7 Å². The molecule has 2 aromatic rings. The molecule has 0 radical (unpaired) electrons. The number of hydrogen-bond donors (Lipinski definition) is 0. The van der Waals surface area contributed by atoms with Crippen LogP contribution in [0.5, 0.6) is 0 Å². The minimum atomic E-state index is 0.965. The summed E-state index contributed by atoms with van der Waals surface area (Å²) in [6.45, 7) is 2.03. The quantitative estimate of drug-likeness (QED) is 0.686. The number of benzene rings is 1. The number of aromatic nitrogens is 2. The lowest BCUT2D eigenvalue weighted by molar-refractivity contribution is 1.06. The normalized spacial score (nSPS) is 10.5. The molecule has 0 spiro atoms. The smallest absolute Gasteiger partial charge is 0.0970 e. The zero-order valence-electron chi connectivity index (χ0n) is 6.58. The third-order valence-corrected chi connectivity index (χ3v) is 2.46. The second-order valence-electron chi connectivity index (χ2n) is 2.66. The number of aryl methyl sites for hydroxylation is 1. The highest BCUT2D eigenvalue weighted by Gasteiger charge is 2.00. The van der Waals surface area contributed by atoms with Crippen LogP contribution in [0.3, 0.4) is 0 Å². The van der Waals surface area contributed by atoms with Gasteiger partial charge < -0.3 is 0 Å². The lowest BCUT2D eigenvalue weighted by atomic mass is 10.1. The van der Waals surface area contributed by atoms with Crippen LogP contribution in [-0.4, -0.2) is 10.2 Å². The lowest BCUT2D eigenvalue weighted by Crippen LogP contribution is -1.86. The summed E-state index contributed by atoms with van der Waals surface area (Å²) >= 11 is 3.43. The summed E-state index contributed by atoms with van der Waals surface area (Å²) in [7, 11) is 0. The Labute approximate surface area is 78.8 Å². The first-order chi connectivity index (χ1) is 5.79. The van der Waals surface area contributed by atoms with Gasteiger partial charge in [0.15, 0.2) is 0 Å². The zero-order chi connectivity index (χ0) is 8.55. The highest BCUT2D eigenvalue weighted by molar-refractivity contribution is 9.10. The van der Waals surface area contributed by atoms with Gasteiger partial charge in [0.25, 0.3) is 0 Å². The van der Waals surface area contributed by atoms with Gasteiger partial charge in [-0.1, -0.05) is 18.2 Å². The Hall–Kier alpha value is -0.960. The fourth-order valence-electron chi connectivity index (χ4n) is 1.19. The van der Waals surface area contributed by atoms with Gasteiger partial charge in [0, 0.05) is 9.86 Å². The molecule has 0 aliphatic heterocycles. The van der Waals surface area contributed by atoms with Gasteiger partial charge in [-0.15, -0.1) is 0 Å². The molecule has 60 valence electrons. The van der Waals surface area contributed by atoms with Crippen molar-refractivity contribution in [2.75, 3.05) is 0 Å². The Bertz CT molecular complexity index is 385. The molecule has 1 heterocycles. The van der Waals surface area contributed by atoms with Gasteiger partial charge in [-0.05, 0) is 28.4 Å². The van der Waals surface area contributed by atoms with E-state index in [0.29, 0.717) is 0 Å². The molecule has 0 amide bonds. The monoisotopic (exact) mass is 222 g/mol. The topological polar surface area (TPSA) is 25.8 Å². The Morgan fingerprint density at radius 2 is 2.17 bits per heavy atom. The van der Waals surface area contributed by atoms with E-state index in [1.54, 1.807) is 6.20 Å². The third-order valence-electron chi connectivity index (χ3n) is 1.82. The minimum Gasteiger partial charge on any atom is -0.157 e. The van der Waals surface area contributed by atoms with Crippen molar-refractivity contribution in [3.05, 3.63) is 34.4 Å². The summed E-state index contributed by atoms with van der Waals surface area (Å²) in [6, 6.07) is 6.08. The highest BCUT2D eigenvalue weighted by atomic mass is 79.9. The van der Waals surface area contributed by atoms with Crippen LogP contribution in [0.15, 0.2) is 28.9 Å². The van der Waals surface area contributed by atoms with Gasteiger partial charge in [-0.25, -0.2) is 0 Å². The average molecular weight is 223 g/mol. The molecule has 0 unspecified atom stereocenters. The summed E-state index contributed by atoms with van der Waals surface area (Å²) in [4.78, 5) is 0. The van der Waals surface area contributed by atoms with Crippen LogP contribution >= 0.6 is 15.9 Å². The molecular formula is C9H7BrN2. The summed E-state index contributed by atoms with van der Waals surface area (Å²) in [6.07, 6.45) is 1.71. The average Bonchev–Trinajstić information content (AvgIpc) is 2.07. The molecule has 12 heavy (non-hydrogen) atoms.